The monoisotopic (exact) mass is 169 g/mol. The van der Waals surface area contributed by atoms with Crippen LogP contribution in [0.15, 0.2) is 4.52 Å². The molecule has 0 saturated heterocycles. The highest BCUT2D eigenvalue weighted by Crippen LogP contribution is 2.33. The SMILES string of the molecule is N[C@H]1C[C@@H](c2noc(CO)n2)C1. The van der Waals surface area contributed by atoms with Gasteiger partial charge >= 0.3 is 0 Å². The van der Waals surface area contributed by atoms with Crippen molar-refractivity contribution in [2.24, 2.45) is 5.73 Å². The fourth-order valence-corrected chi connectivity index (χ4v) is 1.37. The summed E-state index contributed by atoms with van der Waals surface area (Å²) in [6.45, 7) is -0.189. The first-order chi connectivity index (χ1) is 5.79. The number of nitrogens with zero attached hydrogens (tertiary/aromatic N) is 2. The first-order valence-corrected chi connectivity index (χ1v) is 3.98. The normalized spacial score (nSPS) is 28.5. The molecule has 1 aliphatic rings. The Hall–Kier alpha value is -0.940. The smallest absolute Gasteiger partial charge is 0.252 e. The topological polar surface area (TPSA) is 85.2 Å². The third-order valence-electron chi connectivity index (χ3n) is 2.16. The number of hydrogen-bond acceptors (Lipinski definition) is 5. The zero-order chi connectivity index (χ0) is 8.55. The molecule has 2 rings (SSSR count). The third-order valence-corrected chi connectivity index (χ3v) is 2.16. The van der Waals surface area contributed by atoms with Gasteiger partial charge in [-0.3, -0.25) is 0 Å². The minimum Gasteiger partial charge on any atom is -0.387 e. The van der Waals surface area contributed by atoms with Gasteiger partial charge in [-0.2, -0.15) is 4.98 Å². The van der Waals surface area contributed by atoms with Crippen molar-refractivity contribution in [2.75, 3.05) is 0 Å². The Morgan fingerprint density at radius 3 is 2.83 bits per heavy atom. The number of aliphatic hydroxyl groups excluding tert-OH is 1. The Kier molecular flexibility index (Phi) is 1.82. The summed E-state index contributed by atoms with van der Waals surface area (Å²) in [5, 5.41) is 12.4. The molecular weight excluding hydrogens is 158 g/mol. The van der Waals surface area contributed by atoms with Crippen molar-refractivity contribution >= 4 is 0 Å². The molecule has 12 heavy (non-hydrogen) atoms. The van der Waals surface area contributed by atoms with E-state index < -0.39 is 0 Å². The Morgan fingerprint density at radius 1 is 1.58 bits per heavy atom. The quantitative estimate of drug-likeness (QED) is 0.638. The van der Waals surface area contributed by atoms with Gasteiger partial charge in [-0.15, -0.1) is 0 Å². The average molecular weight is 169 g/mol. The maximum Gasteiger partial charge on any atom is 0.252 e. The van der Waals surface area contributed by atoms with Gasteiger partial charge in [-0.1, -0.05) is 5.16 Å². The molecule has 0 bridgehead atoms. The average Bonchev–Trinajstić information content (AvgIpc) is 2.46. The van der Waals surface area contributed by atoms with Crippen LogP contribution in [0.25, 0.3) is 0 Å². The summed E-state index contributed by atoms with van der Waals surface area (Å²) < 4.78 is 4.75. The lowest BCUT2D eigenvalue weighted by Gasteiger charge is -2.29. The lowest BCUT2D eigenvalue weighted by molar-refractivity contribution is 0.221. The molecule has 0 aliphatic heterocycles. The Labute approximate surface area is 69.6 Å². The van der Waals surface area contributed by atoms with Gasteiger partial charge in [-0.05, 0) is 12.8 Å². The number of nitrogens with two attached hydrogens (primary N) is 1. The van der Waals surface area contributed by atoms with Gasteiger partial charge in [0.25, 0.3) is 5.89 Å². The summed E-state index contributed by atoms with van der Waals surface area (Å²) in [6.07, 6.45) is 1.84. The maximum atomic E-state index is 8.65. The standard InChI is InChI=1S/C7H11N3O2/c8-5-1-4(2-5)7-9-6(3-11)12-10-7/h4-5,11H,1-3,8H2/t4-,5+. The molecule has 0 aromatic carbocycles. The van der Waals surface area contributed by atoms with Gasteiger partial charge in [0.15, 0.2) is 5.82 Å². The van der Waals surface area contributed by atoms with Crippen LogP contribution < -0.4 is 5.73 Å². The second-order valence-corrected chi connectivity index (χ2v) is 3.13. The molecule has 1 aliphatic carbocycles. The minimum absolute atomic E-state index is 0.189. The first kappa shape index (κ1) is 7.70. The van der Waals surface area contributed by atoms with Crippen LogP contribution in [0, 0.1) is 0 Å². The third kappa shape index (κ3) is 1.21. The molecule has 1 aromatic heterocycles. The summed E-state index contributed by atoms with van der Waals surface area (Å²) >= 11 is 0. The van der Waals surface area contributed by atoms with Crippen LogP contribution >= 0.6 is 0 Å². The van der Waals surface area contributed by atoms with E-state index in [4.69, 9.17) is 15.4 Å². The fourth-order valence-electron chi connectivity index (χ4n) is 1.37. The minimum atomic E-state index is -0.189. The number of hydrogen-bond donors (Lipinski definition) is 2. The van der Waals surface area contributed by atoms with Crippen LogP contribution in [0.3, 0.4) is 0 Å². The van der Waals surface area contributed by atoms with Gasteiger partial charge in [0, 0.05) is 12.0 Å². The van der Waals surface area contributed by atoms with Crippen LogP contribution in [0.4, 0.5) is 0 Å². The van der Waals surface area contributed by atoms with Crippen LogP contribution in [-0.4, -0.2) is 21.3 Å². The molecule has 0 amide bonds. The molecule has 0 unspecified atom stereocenters. The van der Waals surface area contributed by atoms with E-state index in [0.717, 1.165) is 12.8 Å². The Bertz CT molecular complexity index is 267. The molecule has 66 valence electrons. The number of rotatable bonds is 2. The van der Waals surface area contributed by atoms with Gasteiger partial charge in [0.1, 0.15) is 6.61 Å². The van der Waals surface area contributed by atoms with Gasteiger partial charge < -0.3 is 15.4 Å². The summed E-state index contributed by atoms with van der Waals surface area (Å²) in [6, 6.07) is 0.283. The molecule has 1 aromatic rings. The predicted octanol–water partition coefficient (Wildman–Crippen LogP) is -0.233. The van der Waals surface area contributed by atoms with Gasteiger partial charge in [0.05, 0.1) is 0 Å². The highest BCUT2D eigenvalue weighted by atomic mass is 16.5. The lowest BCUT2D eigenvalue weighted by Crippen LogP contribution is -2.35. The second kappa shape index (κ2) is 2.84. The molecule has 1 fully saturated rings. The summed E-state index contributed by atoms with van der Waals surface area (Å²) in [4.78, 5) is 4.00. The number of aromatic nitrogens is 2. The molecular formula is C7H11N3O2. The number of aliphatic hydroxyl groups is 1. The van der Waals surface area contributed by atoms with Crippen molar-refractivity contribution in [3.05, 3.63) is 11.7 Å². The Morgan fingerprint density at radius 2 is 2.33 bits per heavy atom. The highest BCUT2D eigenvalue weighted by molar-refractivity contribution is 5.03. The lowest BCUT2D eigenvalue weighted by atomic mass is 9.80. The molecule has 3 N–H and O–H groups in total. The molecule has 0 spiro atoms. The van der Waals surface area contributed by atoms with E-state index in [2.05, 4.69) is 10.1 Å². The molecule has 5 nitrogen and oxygen atoms in total. The van der Waals surface area contributed by atoms with E-state index >= 15 is 0 Å². The largest absolute Gasteiger partial charge is 0.387 e. The van der Waals surface area contributed by atoms with Gasteiger partial charge in [0.2, 0.25) is 0 Å². The van der Waals surface area contributed by atoms with Crippen LogP contribution in [-0.2, 0) is 6.61 Å². The molecule has 1 saturated carbocycles. The first-order valence-electron chi connectivity index (χ1n) is 3.98. The van der Waals surface area contributed by atoms with E-state index in [-0.39, 0.29) is 18.5 Å². The summed E-state index contributed by atoms with van der Waals surface area (Å²) in [5.41, 5.74) is 5.61. The maximum absolute atomic E-state index is 8.65. The van der Waals surface area contributed by atoms with Crippen LogP contribution in [0.1, 0.15) is 30.5 Å². The molecule has 0 radical (unpaired) electrons. The van der Waals surface area contributed by atoms with Crippen molar-refractivity contribution in [1.82, 2.24) is 10.1 Å². The second-order valence-electron chi connectivity index (χ2n) is 3.13. The van der Waals surface area contributed by atoms with Crippen LogP contribution in [0.5, 0.6) is 0 Å². The molecule has 1 heterocycles. The van der Waals surface area contributed by atoms with E-state index in [0.29, 0.717) is 11.7 Å². The summed E-state index contributed by atoms with van der Waals surface area (Å²) in [5.74, 6) is 1.30. The molecule has 0 atom stereocenters. The predicted molar refractivity (Wildman–Crippen MR) is 40.2 cm³/mol. The van der Waals surface area contributed by atoms with Gasteiger partial charge in [-0.25, -0.2) is 0 Å². The highest BCUT2D eigenvalue weighted by Gasteiger charge is 2.30. The van der Waals surface area contributed by atoms with E-state index in [1.54, 1.807) is 0 Å². The van der Waals surface area contributed by atoms with Crippen molar-refractivity contribution in [3.63, 3.8) is 0 Å². The van der Waals surface area contributed by atoms with Crippen molar-refractivity contribution in [3.8, 4) is 0 Å². The zero-order valence-electron chi connectivity index (χ0n) is 6.60. The fraction of sp³-hybridized carbons (Fsp3) is 0.714. The molecule has 5 heteroatoms. The zero-order valence-corrected chi connectivity index (χ0v) is 6.60. The van der Waals surface area contributed by atoms with Crippen molar-refractivity contribution < 1.29 is 9.63 Å². The van der Waals surface area contributed by atoms with E-state index in [1.165, 1.54) is 0 Å². The van der Waals surface area contributed by atoms with E-state index in [9.17, 15) is 0 Å². The van der Waals surface area contributed by atoms with E-state index in [1.807, 2.05) is 0 Å². The van der Waals surface area contributed by atoms with Crippen molar-refractivity contribution in [1.29, 1.82) is 0 Å². The summed E-state index contributed by atoms with van der Waals surface area (Å²) in [7, 11) is 0. The van der Waals surface area contributed by atoms with Crippen molar-refractivity contribution in [2.45, 2.75) is 31.4 Å². The Balaban J connectivity index is 2.04. The van der Waals surface area contributed by atoms with Crippen LogP contribution in [0.2, 0.25) is 0 Å².